The molecule has 3 saturated carbocycles. The van der Waals surface area contributed by atoms with Crippen LogP contribution in [-0.4, -0.2) is 201 Å². The number of ether oxygens (including phenoxy) is 8. The fraction of sp³-hybridized carbons (Fsp3) is 0.841. The molecule has 30 heteroatoms. The normalized spacial score (nSPS) is 26.5. The largest absolute Gasteiger partial charge is 0.465 e. The van der Waals surface area contributed by atoms with Gasteiger partial charge < -0.3 is 78.3 Å². The van der Waals surface area contributed by atoms with E-state index in [1.807, 2.05) is 55.4 Å². The molecule has 3 fully saturated rings. The zero-order valence-electron chi connectivity index (χ0n) is 70.8. The summed E-state index contributed by atoms with van der Waals surface area (Å²) in [6.45, 7) is 34.6. The maximum absolute atomic E-state index is 15.0. The minimum absolute atomic E-state index is 0.000614. The summed E-state index contributed by atoms with van der Waals surface area (Å²) in [6.07, 6.45) is 2.58. The van der Waals surface area contributed by atoms with Crippen LogP contribution in [0.5, 0.6) is 0 Å². The van der Waals surface area contributed by atoms with Gasteiger partial charge in [0.25, 0.3) is 8.53 Å². The summed E-state index contributed by atoms with van der Waals surface area (Å²) in [5.74, 6) is -6.05. The molecule has 29 nitrogen and oxygen atoms in total. The molecule has 0 heterocycles. The van der Waals surface area contributed by atoms with Crippen LogP contribution in [-0.2, 0) is 104 Å². The van der Waals surface area contributed by atoms with Crippen LogP contribution in [0, 0.1) is 70.5 Å². The highest BCUT2D eigenvalue weighted by Crippen LogP contribution is 2.48. The Bertz CT molecular complexity index is 2980. The summed E-state index contributed by atoms with van der Waals surface area (Å²) in [7, 11) is -1.69. The molecular formula is C82H140N7O22P. The number of esters is 5. The van der Waals surface area contributed by atoms with E-state index in [2.05, 4.69) is 58.1 Å². The molecule has 0 aromatic heterocycles. The number of Topliss-reactive ketones (excluding diaryl/α,β-unsaturated/α-hetero) is 2. The molecule has 0 aromatic rings. The lowest BCUT2D eigenvalue weighted by atomic mass is 9.66. The smallest absolute Gasteiger partial charge is 0.303 e. The zero-order valence-corrected chi connectivity index (χ0v) is 71.7. The van der Waals surface area contributed by atoms with Gasteiger partial charge in [-0.15, -0.1) is 0 Å². The van der Waals surface area contributed by atoms with E-state index in [9.17, 15) is 62.8 Å². The van der Waals surface area contributed by atoms with Crippen LogP contribution in [0.2, 0.25) is 0 Å². The highest BCUT2D eigenvalue weighted by Gasteiger charge is 2.54. The van der Waals surface area contributed by atoms with E-state index >= 15 is 0 Å². The molecule has 21 unspecified atom stereocenters. The van der Waals surface area contributed by atoms with Crippen LogP contribution in [0.1, 0.15) is 260 Å². The van der Waals surface area contributed by atoms with Crippen molar-refractivity contribution in [1.82, 2.24) is 31.3 Å². The van der Waals surface area contributed by atoms with Crippen LogP contribution >= 0.6 is 8.53 Å². The van der Waals surface area contributed by atoms with Gasteiger partial charge in [0, 0.05) is 149 Å². The lowest BCUT2D eigenvalue weighted by Gasteiger charge is -2.49. The average molecular weight is 1610 g/mol. The Kier molecular flexibility index (Phi) is 47.3. The summed E-state index contributed by atoms with van der Waals surface area (Å²) >= 11 is 0. The summed E-state index contributed by atoms with van der Waals surface area (Å²) < 4.78 is 63.2. The topological polar surface area (TPSA) is 384 Å². The van der Waals surface area contributed by atoms with E-state index in [1.165, 1.54) is 55.4 Å². The molecule has 5 N–H and O–H groups in total. The first kappa shape index (κ1) is 99.9. The zero-order chi connectivity index (χ0) is 83.9. The van der Waals surface area contributed by atoms with Crippen LogP contribution in [0.15, 0.2) is 0 Å². The number of hydrogen-bond acceptors (Lipinski definition) is 24. The van der Waals surface area contributed by atoms with E-state index in [0.29, 0.717) is 83.6 Å². The number of nitrogens with one attached hydrogen (secondary N) is 5. The van der Waals surface area contributed by atoms with Crippen LogP contribution in [0.3, 0.4) is 0 Å². The van der Waals surface area contributed by atoms with Gasteiger partial charge in [-0.3, -0.25) is 52.7 Å². The molecule has 112 heavy (non-hydrogen) atoms. The Labute approximate surface area is 668 Å². The predicted octanol–water partition coefficient (Wildman–Crippen LogP) is 10.4. The minimum atomic E-state index is -1.69. The number of amides is 5. The summed E-state index contributed by atoms with van der Waals surface area (Å²) in [5.41, 5.74) is 0. The molecule has 3 aliphatic rings. The Balaban J connectivity index is 1.82. The standard InChI is InChI=1S/C82H140N7O22P/c1-20-65-52(8)54(10)74(86-57(13)91)81(78(65)109-61(17)95)103-42-29-24-35-71(99)84-39-27-22-33-64(47-107-112(106-44-32-38-83)89(49(3)4)50(5)6)46-70(98)69(88-73(101)37-26-31-41-102-76-56(12)66(21-2)77(108-60(16)94)79(110-62(18)96)67(76)45-51(7)90)34-23-28-40-85-72(100)36-25-30-43-104-82-75(87-58(14)92)55(11)53(9)68(48-105-59(15)93)80(82)111-63(19)97/h49-50,52-56,64-69,74-82H,20-37,39-48H2,1-19H3,(H,84,99)(H,85,100)(H,86,91)(H,87,92)(H,88,101). The van der Waals surface area contributed by atoms with Crippen molar-refractivity contribution >= 4 is 79.5 Å². The van der Waals surface area contributed by atoms with E-state index in [-0.39, 0.29) is 198 Å². The van der Waals surface area contributed by atoms with Gasteiger partial charge in [0.1, 0.15) is 42.4 Å². The van der Waals surface area contributed by atoms with Crippen LogP contribution < -0.4 is 26.6 Å². The predicted molar refractivity (Wildman–Crippen MR) is 420 cm³/mol. The molecule has 0 aromatic carbocycles. The Hall–Kier alpha value is -6.28. The first-order chi connectivity index (χ1) is 53.0. The fourth-order valence-corrected chi connectivity index (χ4v) is 18.2. The third kappa shape index (κ3) is 35.0. The SMILES string of the molecule is CCC1C(C)C(OCCCCC(=O)NC(CCCCNC(=O)CCCCOC2C(NC(C)=O)C(C)C(C)C(COC(C)=O)C2OC(C)=O)C(=O)CC(CCCCNC(=O)CCCCOC2C(NC(C)=O)C(C)C(C)C(CC)C2OC(C)=O)COP(OCCC#N)N(C(C)C)C(C)C)C(CC(C)=O)C(OC(C)=O)C1OC(C)=O. The molecule has 0 aliphatic heterocycles. The number of nitrogens with zero attached hydrogens (tertiary/aromatic N) is 2. The third-order valence-electron chi connectivity index (χ3n) is 22.2. The second kappa shape index (κ2) is 53.1. The Morgan fingerprint density at radius 2 is 0.875 bits per heavy atom. The highest BCUT2D eigenvalue weighted by molar-refractivity contribution is 7.44. The van der Waals surface area contributed by atoms with Crippen molar-refractivity contribution in [3.63, 3.8) is 0 Å². The molecule has 0 radical (unpaired) electrons. The van der Waals surface area contributed by atoms with Gasteiger partial charge >= 0.3 is 29.8 Å². The highest BCUT2D eigenvalue weighted by atomic mass is 31.2. The van der Waals surface area contributed by atoms with E-state index in [0.717, 1.165) is 6.42 Å². The number of nitriles is 1. The molecule has 3 rings (SSSR count). The second-order valence-electron chi connectivity index (χ2n) is 31.8. The van der Waals surface area contributed by atoms with Gasteiger partial charge in [-0.2, -0.15) is 5.26 Å². The quantitative estimate of drug-likeness (QED) is 0.0163. The summed E-state index contributed by atoms with van der Waals surface area (Å²) in [6, 6.07) is 0.314. The number of rotatable bonds is 53. The third-order valence-corrected chi connectivity index (χ3v) is 24.3. The van der Waals surface area contributed by atoms with Crippen molar-refractivity contribution in [2.45, 2.75) is 333 Å². The molecular weight excluding hydrogens is 1470 g/mol. The molecule has 21 atom stereocenters. The number of carbonyl (C=O) groups excluding carboxylic acids is 12. The van der Waals surface area contributed by atoms with Crippen molar-refractivity contribution in [3.8, 4) is 6.07 Å². The van der Waals surface area contributed by atoms with Crippen LogP contribution in [0.4, 0.5) is 0 Å². The van der Waals surface area contributed by atoms with Gasteiger partial charge in [0.2, 0.25) is 29.5 Å². The summed E-state index contributed by atoms with van der Waals surface area (Å²) in [5, 5.41) is 24.6. The van der Waals surface area contributed by atoms with Crippen molar-refractivity contribution in [1.29, 1.82) is 5.26 Å². The fourth-order valence-electron chi connectivity index (χ4n) is 16.5. The average Bonchev–Trinajstić information content (AvgIpc) is 0.782. The van der Waals surface area contributed by atoms with Crippen molar-refractivity contribution in [3.05, 3.63) is 0 Å². The Morgan fingerprint density at radius 3 is 1.30 bits per heavy atom. The second-order valence-corrected chi connectivity index (χ2v) is 33.2. The summed E-state index contributed by atoms with van der Waals surface area (Å²) in [4.78, 5) is 155. The lowest BCUT2D eigenvalue weighted by molar-refractivity contribution is -0.208. The maximum Gasteiger partial charge on any atom is 0.303 e. The van der Waals surface area contributed by atoms with E-state index < -0.39 is 105 Å². The molecule has 640 valence electrons. The van der Waals surface area contributed by atoms with Gasteiger partial charge in [0.15, 0.2) is 5.78 Å². The van der Waals surface area contributed by atoms with Crippen molar-refractivity contribution in [2.75, 3.05) is 52.7 Å². The van der Waals surface area contributed by atoms with Gasteiger partial charge in [-0.05, 0) is 154 Å². The maximum atomic E-state index is 15.0. The van der Waals surface area contributed by atoms with Crippen molar-refractivity contribution < 1.29 is 104 Å². The molecule has 0 bridgehead atoms. The first-order valence-electron chi connectivity index (χ1n) is 41.3. The Morgan fingerprint density at radius 1 is 0.455 bits per heavy atom. The molecule has 5 amide bonds. The van der Waals surface area contributed by atoms with Crippen LogP contribution in [0.25, 0.3) is 0 Å². The minimum Gasteiger partial charge on any atom is -0.465 e. The number of ketones is 2. The van der Waals surface area contributed by atoms with Crippen molar-refractivity contribution in [2.24, 2.45) is 59.2 Å². The molecule has 3 aliphatic carbocycles. The lowest BCUT2D eigenvalue weighted by Crippen LogP contribution is -2.63. The molecule has 0 spiro atoms. The number of carbonyl (C=O) groups is 12. The van der Waals surface area contributed by atoms with E-state index in [1.54, 1.807) is 0 Å². The number of hydrogen-bond donors (Lipinski definition) is 5. The number of unbranched alkanes of at least 4 members (excludes halogenated alkanes) is 5. The van der Waals surface area contributed by atoms with E-state index in [4.69, 9.17) is 46.9 Å². The van der Waals surface area contributed by atoms with Gasteiger partial charge in [0.05, 0.1) is 56.5 Å². The molecule has 0 saturated heterocycles. The first-order valence-corrected chi connectivity index (χ1v) is 42.4. The monoisotopic (exact) mass is 1610 g/mol. The van der Waals surface area contributed by atoms with Gasteiger partial charge in [-0.25, -0.2) is 4.67 Å². The van der Waals surface area contributed by atoms with Gasteiger partial charge in [-0.1, -0.05) is 54.9 Å².